The lowest BCUT2D eigenvalue weighted by molar-refractivity contribution is 1.14. The van der Waals surface area contributed by atoms with Crippen molar-refractivity contribution >= 4 is 5.57 Å². The van der Waals surface area contributed by atoms with Crippen LogP contribution in [0.15, 0.2) is 121 Å². The van der Waals surface area contributed by atoms with E-state index in [9.17, 15) is 0 Å². The van der Waals surface area contributed by atoms with Gasteiger partial charge in [-0.25, -0.2) is 0 Å². The minimum Gasteiger partial charge on any atom is -0.103 e. The molecule has 0 saturated heterocycles. The summed E-state index contributed by atoms with van der Waals surface area (Å²) in [7, 11) is 0. The number of hydrogen-bond donors (Lipinski definition) is 0. The van der Waals surface area contributed by atoms with Crippen LogP contribution in [0.3, 0.4) is 0 Å². The monoisotopic (exact) mass is 426 g/mol. The Morgan fingerprint density at radius 1 is 0.875 bits per heavy atom. The zero-order chi connectivity index (χ0) is 24.5. The normalized spacial score (nSPS) is 11.4. The molecular formula is C32H42. The smallest absolute Gasteiger partial charge is 0.00279 e. The van der Waals surface area contributed by atoms with E-state index in [4.69, 9.17) is 0 Å². The molecule has 0 N–H and O–H groups in total. The molecule has 0 nitrogen and oxygen atoms in total. The van der Waals surface area contributed by atoms with Crippen LogP contribution in [0.2, 0.25) is 0 Å². The van der Waals surface area contributed by atoms with Gasteiger partial charge in [0.05, 0.1) is 0 Å². The molecule has 0 fully saturated rings. The van der Waals surface area contributed by atoms with Gasteiger partial charge >= 0.3 is 0 Å². The summed E-state index contributed by atoms with van der Waals surface area (Å²) in [5.74, 6) is 0. The van der Waals surface area contributed by atoms with Crippen molar-refractivity contribution in [1.29, 1.82) is 0 Å². The highest BCUT2D eigenvalue weighted by Crippen LogP contribution is 2.35. The van der Waals surface area contributed by atoms with E-state index in [-0.39, 0.29) is 0 Å². The van der Waals surface area contributed by atoms with Crippen molar-refractivity contribution in [2.45, 2.75) is 54.9 Å². The molecule has 2 aromatic carbocycles. The van der Waals surface area contributed by atoms with Crippen LogP contribution in [0.4, 0.5) is 0 Å². The zero-order valence-corrected chi connectivity index (χ0v) is 21.3. The molecule has 2 aromatic rings. The number of aryl methyl sites for hydroxylation is 1. The zero-order valence-electron chi connectivity index (χ0n) is 21.3. The van der Waals surface area contributed by atoms with Crippen LogP contribution in [0.5, 0.6) is 0 Å². The van der Waals surface area contributed by atoms with Crippen molar-refractivity contribution < 1.29 is 0 Å². The predicted molar refractivity (Wildman–Crippen MR) is 148 cm³/mol. The first kappa shape index (κ1) is 28.9. The van der Waals surface area contributed by atoms with Gasteiger partial charge in [0, 0.05) is 0 Å². The first-order chi connectivity index (χ1) is 15.4. The minimum absolute atomic E-state index is 0.984. The summed E-state index contributed by atoms with van der Waals surface area (Å²) in [5.41, 5.74) is 9.25. The quantitative estimate of drug-likeness (QED) is 0.305. The second-order valence-corrected chi connectivity index (χ2v) is 7.20. The molecule has 170 valence electrons. The molecule has 0 saturated carbocycles. The van der Waals surface area contributed by atoms with Crippen molar-refractivity contribution in [2.75, 3.05) is 0 Å². The van der Waals surface area contributed by atoms with Crippen LogP contribution < -0.4 is 0 Å². The van der Waals surface area contributed by atoms with Gasteiger partial charge in [-0.3, -0.25) is 0 Å². The van der Waals surface area contributed by atoms with Crippen molar-refractivity contribution in [3.63, 3.8) is 0 Å². The third kappa shape index (κ3) is 8.94. The number of allylic oxidation sites excluding steroid dienone is 8. The maximum absolute atomic E-state index is 4.39. The molecule has 0 bridgehead atoms. The fourth-order valence-electron chi connectivity index (χ4n) is 3.25. The maximum atomic E-state index is 4.39. The van der Waals surface area contributed by atoms with Crippen LogP contribution >= 0.6 is 0 Å². The third-order valence-electron chi connectivity index (χ3n) is 4.75. The fourth-order valence-corrected chi connectivity index (χ4v) is 3.25. The summed E-state index contributed by atoms with van der Waals surface area (Å²) >= 11 is 0. The Morgan fingerprint density at radius 3 is 1.88 bits per heavy atom. The van der Waals surface area contributed by atoms with E-state index in [0.717, 1.165) is 23.1 Å². The van der Waals surface area contributed by atoms with Gasteiger partial charge in [0.15, 0.2) is 0 Å². The second kappa shape index (κ2) is 16.6. The van der Waals surface area contributed by atoms with E-state index in [2.05, 4.69) is 114 Å². The summed E-state index contributed by atoms with van der Waals surface area (Å²) < 4.78 is 0. The lowest BCUT2D eigenvalue weighted by Crippen LogP contribution is -1.99. The number of rotatable bonds is 7. The Kier molecular flexibility index (Phi) is 14.9. The summed E-state index contributed by atoms with van der Waals surface area (Å²) in [4.78, 5) is 0. The number of benzene rings is 2. The van der Waals surface area contributed by atoms with Gasteiger partial charge in [-0.15, -0.1) is 6.58 Å². The van der Waals surface area contributed by atoms with Gasteiger partial charge < -0.3 is 0 Å². The molecule has 0 spiro atoms. The maximum Gasteiger partial charge on any atom is -0.00279 e. The molecule has 0 aliphatic heterocycles. The first-order valence-electron chi connectivity index (χ1n) is 11.5. The van der Waals surface area contributed by atoms with Crippen LogP contribution in [0, 0.1) is 6.92 Å². The van der Waals surface area contributed by atoms with Gasteiger partial charge in [0.25, 0.3) is 0 Å². The predicted octanol–water partition coefficient (Wildman–Crippen LogP) is 10.1. The SMILES string of the molecule is C=C(C)/C(C(=C)/C=C/C(=C/C)CC)=C(/c1ccccc1)c1ccccc1C.C=CC.CC. The van der Waals surface area contributed by atoms with E-state index in [1.807, 2.05) is 26.8 Å². The lowest BCUT2D eigenvalue weighted by Gasteiger charge is -2.19. The van der Waals surface area contributed by atoms with Crippen molar-refractivity contribution in [3.05, 3.63) is 138 Å². The van der Waals surface area contributed by atoms with Crippen molar-refractivity contribution in [3.8, 4) is 0 Å². The summed E-state index contributed by atoms with van der Waals surface area (Å²) in [6.45, 7) is 26.4. The van der Waals surface area contributed by atoms with E-state index in [1.54, 1.807) is 6.08 Å². The van der Waals surface area contributed by atoms with Crippen molar-refractivity contribution in [2.24, 2.45) is 0 Å². The van der Waals surface area contributed by atoms with Crippen LogP contribution in [-0.4, -0.2) is 0 Å². The van der Waals surface area contributed by atoms with Crippen molar-refractivity contribution in [1.82, 2.24) is 0 Å². The minimum atomic E-state index is 0.984. The molecule has 2 rings (SSSR count). The Hall–Kier alpha value is -3.12. The Labute approximate surface area is 198 Å². The Balaban J connectivity index is 0.00000177. The molecule has 32 heavy (non-hydrogen) atoms. The molecule has 0 atom stereocenters. The lowest BCUT2D eigenvalue weighted by atomic mass is 9.85. The van der Waals surface area contributed by atoms with Gasteiger partial charge in [-0.05, 0) is 73.1 Å². The second-order valence-electron chi connectivity index (χ2n) is 7.20. The molecule has 0 heteroatoms. The molecular weight excluding hydrogens is 384 g/mol. The summed E-state index contributed by atoms with van der Waals surface area (Å²) in [6, 6.07) is 19.0. The molecule has 0 aliphatic carbocycles. The summed E-state index contributed by atoms with van der Waals surface area (Å²) in [5, 5.41) is 0. The molecule has 0 heterocycles. The highest BCUT2D eigenvalue weighted by Gasteiger charge is 2.15. The molecule has 0 amide bonds. The first-order valence-corrected chi connectivity index (χ1v) is 11.5. The number of hydrogen-bond acceptors (Lipinski definition) is 0. The van der Waals surface area contributed by atoms with Gasteiger partial charge in [0.2, 0.25) is 0 Å². The Morgan fingerprint density at radius 2 is 1.41 bits per heavy atom. The van der Waals surface area contributed by atoms with Gasteiger partial charge in [-0.1, -0.05) is 118 Å². The molecule has 0 unspecified atom stereocenters. The van der Waals surface area contributed by atoms with E-state index >= 15 is 0 Å². The molecule has 0 radical (unpaired) electrons. The van der Waals surface area contributed by atoms with Crippen LogP contribution in [0.25, 0.3) is 5.57 Å². The topological polar surface area (TPSA) is 0 Å². The standard InChI is InChI=1S/C27H30.C3H6.C2H6/c1-7-23(8-2)19-18-22(6)26(20(3)4)27(24-15-10-9-11-16-24)25-17-13-12-14-21(25)5;1-3-2;1-2/h7,9-19H,3,6,8H2,1-2,4-5H3;3H,1H2,2H3;1-2H3/b19-18+,23-7+,27-26+;;. The fraction of sp³-hybridized carbons (Fsp3) is 0.250. The van der Waals surface area contributed by atoms with E-state index in [1.165, 1.54) is 27.8 Å². The van der Waals surface area contributed by atoms with E-state index in [0.29, 0.717) is 0 Å². The highest BCUT2D eigenvalue weighted by atomic mass is 14.2. The van der Waals surface area contributed by atoms with E-state index < -0.39 is 0 Å². The van der Waals surface area contributed by atoms with Crippen LogP contribution in [0.1, 0.15) is 64.7 Å². The largest absolute Gasteiger partial charge is 0.103 e. The average Bonchev–Trinajstić information content (AvgIpc) is 2.80. The average molecular weight is 427 g/mol. The third-order valence-corrected chi connectivity index (χ3v) is 4.75. The highest BCUT2D eigenvalue weighted by molar-refractivity contribution is 5.88. The molecule has 0 aromatic heterocycles. The van der Waals surface area contributed by atoms with Gasteiger partial charge in [0.1, 0.15) is 0 Å². The Bertz CT molecular complexity index is 947. The molecule has 0 aliphatic rings. The summed E-state index contributed by atoms with van der Waals surface area (Å²) in [6.07, 6.45) is 9.18. The van der Waals surface area contributed by atoms with Gasteiger partial charge in [-0.2, -0.15) is 0 Å². The van der Waals surface area contributed by atoms with Crippen LogP contribution in [-0.2, 0) is 0 Å².